The highest BCUT2D eigenvalue weighted by Gasteiger charge is 2.61. The van der Waals surface area contributed by atoms with Crippen LogP contribution in [0.3, 0.4) is 0 Å². The fraction of sp³-hybridized carbons (Fsp3) is 0.875. The maximum Gasteiger partial charge on any atom is 0.408 e. The van der Waals surface area contributed by atoms with E-state index in [4.69, 9.17) is 9.47 Å². The Kier molecular flexibility index (Phi) is 8.69. The molecule has 0 bridgehead atoms. The lowest BCUT2D eigenvalue weighted by molar-refractivity contribution is -0.165. The highest BCUT2D eigenvalue weighted by Crippen LogP contribution is 2.67. The summed E-state index contributed by atoms with van der Waals surface area (Å²) in [5.41, 5.74) is -0.243. The van der Waals surface area contributed by atoms with E-state index < -0.39 is 35.7 Å². The highest BCUT2D eigenvalue weighted by molar-refractivity contribution is 5.89. The molecule has 4 aliphatic rings. The smallest absolute Gasteiger partial charge is 0.408 e. The van der Waals surface area contributed by atoms with Gasteiger partial charge in [-0.3, -0.25) is 9.59 Å². The first-order chi connectivity index (χ1) is 18.5. The number of esters is 1. The molecule has 10 atom stereocenters. The molecule has 2 N–H and O–H groups in total. The third-order valence-corrected chi connectivity index (χ3v) is 11.2. The van der Waals surface area contributed by atoms with Crippen LogP contribution in [0.25, 0.3) is 0 Å². The molecule has 2 amide bonds. The SMILES string of the molecule is CC(=O)[C@H]1CC[C@H]2[C@@H]3CC[C@H]4C[C@H](OC(=O)[C@H](C)NC(=O)[C@H](C)NC(=O)OC(C)(C)C)CC[C@]4(C)[C@H]3CC[C@]12C. The van der Waals surface area contributed by atoms with Crippen LogP contribution in [-0.2, 0) is 23.9 Å². The number of carbonyl (C=O) groups is 4. The van der Waals surface area contributed by atoms with Gasteiger partial charge in [-0.25, -0.2) is 9.59 Å². The van der Waals surface area contributed by atoms with E-state index in [1.165, 1.54) is 19.3 Å². The van der Waals surface area contributed by atoms with Crippen molar-refractivity contribution in [3.63, 3.8) is 0 Å². The second kappa shape index (κ2) is 11.3. The molecule has 8 heteroatoms. The van der Waals surface area contributed by atoms with Gasteiger partial charge in [0.25, 0.3) is 0 Å². The fourth-order valence-corrected chi connectivity index (χ4v) is 9.21. The summed E-state index contributed by atoms with van der Waals surface area (Å²) in [5, 5.41) is 5.17. The summed E-state index contributed by atoms with van der Waals surface area (Å²) in [7, 11) is 0. The summed E-state index contributed by atoms with van der Waals surface area (Å²) in [5.74, 6) is 2.28. The molecule has 8 nitrogen and oxygen atoms in total. The Morgan fingerprint density at radius 1 is 0.825 bits per heavy atom. The molecule has 4 fully saturated rings. The van der Waals surface area contributed by atoms with Crippen molar-refractivity contribution < 1.29 is 28.7 Å². The molecule has 0 spiro atoms. The molecule has 0 aromatic carbocycles. The number of rotatable bonds is 6. The number of ketones is 1. The summed E-state index contributed by atoms with van der Waals surface area (Å²) in [6.45, 7) is 15.1. The van der Waals surface area contributed by atoms with Crippen molar-refractivity contribution in [1.82, 2.24) is 10.6 Å². The molecule has 4 rings (SSSR count). The largest absolute Gasteiger partial charge is 0.461 e. The van der Waals surface area contributed by atoms with E-state index in [-0.39, 0.29) is 22.9 Å². The van der Waals surface area contributed by atoms with Gasteiger partial charge in [0, 0.05) is 5.92 Å². The second-order valence-corrected chi connectivity index (χ2v) is 14.9. The van der Waals surface area contributed by atoms with Crippen LogP contribution >= 0.6 is 0 Å². The zero-order valence-electron chi connectivity index (χ0n) is 25.9. The number of ether oxygens (including phenoxy) is 2. The molecule has 0 radical (unpaired) electrons. The van der Waals surface area contributed by atoms with Gasteiger partial charge in [-0.1, -0.05) is 13.8 Å². The molecule has 40 heavy (non-hydrogen) atoms. The number of hydrogen-bond donors (Lipinski definition) is 2. The lowest BCUT2D eigenvalue weighted by Crippen LogP contribution is -2.55. The number of carbonyl (C=O) groups excluding carboxylic acids is 4. The molecule has 4 aliphatic carbocycles. The van der Waals surface area contributed by atoms with Crippen molar-refractivity contribution in [3.05, 3.63) is 0 Å². The number of Topliss-reactive ketones (excluding diaryl/α,β-unsaturated/α-hetero) is 1. The number of alkyl carbamates (subject to hydrolysis) is 1. The minimum absolute atomic E-state index is 0.138. The number of hydrogen-bond acceptors (Lipinski definition) is 6. The zero-order valence-corrected chi connectivity index (χ0v) is 25.9. The molecular weight excluding hydrogens is 508 g/mol. The molecule has 0 aromatic heterocycles. The molecule has 0 aliphatic heterocycles. The first-order valence-corrected chi connectivity index (χ1v) is 15.6. The average molecular weight is 561 g/mol. The topological polar surface area (TPSA) is 111 Å². The lowest BCUT2D eigenvalue weighted by atomic mass is 9.44. The van der Waals surface area contributed by atoms with Crippen LogP contribution in [0.5, 0.6) is 0 Å². The third-order valence-electron chi connectivity index (χ3n) is 11.2. The number of nitrogens with one attached hydrogen (secondary N) is 2. The van der Waals surface area contributed by atoms with Crippen LogP contribution in [0.15, 0.2) is 0 Å². The van der Waals surface area contributed by atoms with E-state index in [9.17, 15) is 19.2 Å². The molecule has 0 aromatic rings. The van der Waals surface area contributed by atoms with Gasteiger partial charge in [-0.15, -0.1) is 0 Å². The van der Waals surface area contributed by atoms with Gasteiger partial charge in [-0.05, 0) is 134 Å². The predicted octanol–water partition coefficient (Wildman–Crippen LogP) is 5.56. The van der Waals surface area contributed by atoms with Crippen LogP contribution in [0.2, 0.25) is 0 Å². The Hall–Kier alpha value is -2.12. The molecular formula is C32H52N2O6. The van der Waals surface area contributed by atoms with Crippen molar-refractivity contribution >= 4 is 23.8 Å². The monoisotopic (exact) mass is 560 g/mol. The summed E-state index contributed by atoms with van der Waals surface area (Å²) >= 11 is 0. The van der Waals surface area contributed by atoms with Gasteiger partial charge in [0.1, 0.15) is 29.6 Å². The van der Waals surface area contributed by atoms with Crippen molar-refractivity contribution in [2.75, 3.05) is 0 Å². The molecule has 4 saturated carbocycles. The molecule has 0 saturated heterocycles. The summed E-state index contributed by atoms with van der Waals surface area (Å²) in [6.07, 6.45) is 8.93. The van der Waals surface area contributed by atoms with E-state index in [0.29, 0.717) is 29.5 Å². The number of amides is 2. The summed E-state index contributed by atoms with van der Waals surface area (Å²) in [4.78, 5) is 49.9. The predicted molar refractivity (Wildman–Crippen MR) is 152 cm³/mol. The Morgan fingerprint density at radius 3 is 2.12 bits per heavy atom. The first-order valence-electron chi connectivity index (χ1n) is 15.6. The van der Waals surface area contributed by atoms with Crippen LogP contribution in [0, 0.1) is 40.4 Å². The van der Waals surface area contributed by atoms with Crippen LogP contribution < -0.4 is 10.6 Å². The fourth-order valence-electron chi connectivity index (χ4n) is 9.21. The van der Waals surface area contributed by atoms with Gasteiger partial charge in [0.05, 0.1) is 0 Å². The number of fused-ring (bicyclic) bond motifs is 5. The van der Waals surface area contributed by atoms with Gasteiger partial charge in [0.15, 0.2) is 0 Å². The Bertz CT molecular complexity index is 1010. The van der Waals surface area contributed by atoms with Crippen LogP contribution in [-0.4, -0.2) is 47.5 Å². The Balaban J connectivity index is 1.29. The maximum atomic E-state index is 12.9. The van der Waals surface area contributed by atoms with Crippen molar-refractivity contribution in [1.29, 1.82) is 0 Å². The van der Waals surface area contributed by atoms with Crippen molar-refractivity contribution in [2.24, 2.45) is 40.4 Å². The van der Waals surface area contributed by atoms with Gasteiger partial charge in [0.2, 0.25) is 5.91 Å². The van der Waals surface area contributed by atoms with E-state index in [1.54, 1.807) is 41.5 Å². The van der Waals surface area contributed by atoms with Crippen LogP contribution in [0.1, 0.15) is 113 Å². The minimum Gasteiger partial charge on any atom is -0.461 e. The molecule has 226 valence electrons. The first kappa shape index (κ1) is 30.8. The summed E-state index contributed by atoms with van der Waals surface area (Å²) in [6, 6.07) is -1.66. The lowest BCUT2D eigenvalue weighted by Gasteiger charge is -2.61. The molecule has 0 heterocycles. The second-order valence-electron chi connectivity index (χ2n) is 14.9. The zero-order chi connectivity index (χ0) is 29.6. The van der Waals surface area contributed by atoms with Crippen molar-refractivity contribution in [3.8, 4) is 0 Å². The maximum absolute atomic E-state index is 12.9. The van der Waals surface area contributed by atoms with E-state index >= 15 is 0 Å². The average Bonchev–Trinajstić information content (AvgIpc) is 3.20. The van der Waals surface area contributed by atoms with Gasteiger partial charge < -0.3 is 20.1 Å². The quantitative estimate of drug-likeness (QED) is 0.411. The van der Waals surface area contributed by atoms with E-state index in [1.807, 2.05) is 0 Å². The van der Waals surface area contributed by atoms with Crippen LogP contribution in [0.4, 0.5) is 4.79 Å². The van der Waals surface area contributed by atoms with Gasteiger partial charge in [-0.2, -0.15) is 0 Å². The summed E-state index contributed by atoms with van der Waals surface area (Å²) < 4.78 is 11.1. The highest BCUT2D eigenvalue weighted by atomic mass is 16.6. The standard InChI is InChI=1S/C32H52N2O6/c1-18(34-29(38)40-30(4,5)6)27(36)33-19(2)28(37)39-22-13-15-31(7)21(17-22)9-10-23-25-12-11-24(20(3)35)32(25,8)16-14-26(23)31/h18-19,21-26H,9-17H2,1-8H3,(H,33,36)(H,34,38)/t18-,19-,21-,22+,23-,24+,25-,26-,31-,32+/m0/s1. The minimum atomic E-state index is -0.849. The van der Waals surface area contributed by atoms with E-state index in [2.05, 4.69) is 24.5 Å². The van der Waals surface area contributed by atoms with E-state index in [0.717, 1.165) is 38.5 Å². The molecule has 0 unspecified atom stereocenters. The Labute approximate surface area is 240 Å². The normalized spacial score (nSPS) is 38.5. The Morgan fingerprint density at radius 2 is 1.48 bits per heavy atom. The third kappa shape index (κ3) is 6.06. The van der Waals surface area contributed by atoms with Gasteiger partial charge >= 0.3 is 12.1 Å². The van der Waals surface area contributed by atoms with Crippen molar-refractivity contribution in [2.45, 2.75) is 137 Å².